The van der Waals surface area contributed by atoms with E-state index in [9.17, 15) is 14.0 Å². The van der Waals surface area contributed by atoms with Gasteiger partial charge in [-0.25, -0.2) is 19.2 Å². The second-order valence-electron chi connectivity index (χ2n) is 5.69. The number of carbonyl (C=O) groups excluding carboxylic acids is 1. The summed E-state index contributed by atoms with van der Waals surface area (Å²) in [5.41, 5.74) is 6.60. The lowest BCUT2D eigenvalue weighted by molar-refractivity contribution is 0.259. The van der Waals surface area contributed by atoms with Crippen LogP contribution < -0.4 is 16.6 Å². The molecule has 0 bridgehead atoms. The normalized spacial score (nSPS) is 10.9. The molecule has 3 rings (SSSR count). The number of aromatic nitrogens is 3. The van der Waals surface area contributed by atoms with Crippen LogP contribution >= 0.6 is 11.8 Å². The number of thioether (sulfide) groups is 1. The Hall–Kier alpha value is -2.94. The summed E-state index contributed by atoms with van der Waals surface area (Å²) in [5.74, 6) is -0.629. The summed E-state index contributed by atoms with van der Waals surface area (Å²) in [4.78, 5) is 32.5. The van der Waals surface area contributed by atoms with Gasteiger partial charge in [-0.3, -0.25) is 9.36 Å². The van der Waals surface area contributed by atoms with Crippen molar-refractivity contribution in [2.45, 2.75) is 12.1 Å². The third-order valence-electron chi connectivity index (χ3n) is 3.97. The van der Waals surface area contributed by atoms with Gasteiger partial charge in [0.2, 0.25) is 0 Å². The molecule has 0 aliphatic rings. The van der Waals surface area contributed by atoms with Gasteiger partial charge in [0.1, 0.15) is 11.5 Å². The monoisotopic (exact) mass is 373 g/mol. The van der Waals surface area contributed by atoms with Crippen molar-refractivity contribution in [2.75, 3.05) is 11.6 Å². The molecule has 0 saturated heterocycles. The highest BCUT2D eigenvalue weighted by molar-refractivity contribution is 7.98. The van der Waals surface area contributed by atoms with Crippen LogP contribution in [0.1, 0.15) is 5.56 Å². The molecule has 1 aromatic carbocycles. The molecule has 0 saturated carbocycles. The number of hydrogen-bond acceptors (Lipinski definition) is 5. The summed E-state index contributed by atoms with van der Waals surface area (Å²) in [6.45, 7) is 1.68. The van der Waals surface area contributed by atoms with Gasteiger partial charge in [-0.1, -0.05) is 11.8 Å². The zero-order chi connectivity index (χ0) is 19.0. The maximum Gasteiger partial charge on any atom is 0.316 e. The van der Waals surface area contributed by atoms with E-state index in [1.54, 1.807) is 26.2 Å². The molecule has 2 aromatic heterocycles. The molecule has 3 aromatic rings. The van der Waals surface area contributed by atoms with Crippen molar-refractivity contribution >= 4 is 34.5 Å². The Morgan fingerprint density at radius 3 is 2.69 bits per heavy atom. The Bertz CT molecular complexity index is 1100. The van der Waals surface area contributed by atoms with Crippen molar-refractivity contribution < 1.29 is 9.18 Å². The van der Waals surface area contributed by atoms with Gasteiger partial charge in [0, 0.05) is 24.2 Å². The van der Waals surface area contributed by atoms with E-state index in [0.29, 0.717) is 32.9 Å². The van der Waals surface area contributed by atoms with Gasteiger partial charge in [-0.15, -0.1) is 0 Å². The summed E-state index contributed by atoms with van der Waals surface area (Å²) in [6, 6.07) is 3.42. The Kier molecular flexibility index (Phi) is 4.64. The Morgan fingerprint density at radius 1 is 1.31 bits per heavy atom. The number of pyridine rings is 1. The van der Waals surface area contributed by atoms with Crippen LogP contribution in [0.3, 0.4) is 0 Å². The van der Waals surface area contributed by atoms with Crippen LogP contribution in [-0.4, -0.2) is 26.8 Å². The van der Waals surface area contributed by atoms with Crippen molar-refractivity contribution in [3.63, 3.8) is 0 Å². The predicted octanol–water partition coefficient (Wildman–Crippen LogP) is 2.66. The maximum absolute atomic E-state index is 14.0. The minimum absolute atomic E-state index is 0.0887. The summed E-state index contributed by atoms with van der Waals surface area (Å²) < 4.78 is 15.5. The zero-order valence-corrected chi connectivity index (χ0v) is 15.1. The fourth-order valence-corrected chi connectivity index (χ4v) is 3.05. The Labute approximate surface area is 152 Å². The summed E-state index contributed by atoms with van der Waals surface area (Å²) in [6.07, 6.45) is 3.49. The number of fused-ring (bicyclic) bond motifs is 1. The van der Waals surface area contributed by atoms with E-state index in [2.05, 4.69) is 15.3 Å². The summed E-state index contributed by atoms with van der Waals surface area (Å²) in [5, 5.41) is 3.46. The van der Waals surface area contributed by atoms with Gasteiger partial charge in [0.25, 0.3) is 5.56 Å². The average Bonchev–Trinajstić information content (AvgIpc) is 2.60. The van der Waals surface area contributed by atoms with E-state index in [-0.39, 0.29) is 11.2 Å². The van der Waals surface area contributed by atoms with Gasteiger partial charge >= 0.3 is 6.03 Å². The van der Waals surface area contributed by atoms with Crippen molar-refractivity contribution in [2.24, 2.45) is 12.8 Å². The van der Waals surface area contributed by atoms with Crippen LogP contribution in [-0.2, 0) is 7.05 Å². The molecular formula is C17H16FN5O2S. The third-order valence-corrected chi connectivity index (χ3v) is 4.53. The summed E-state index contributed by atoms with van der Waals surface area (Å²) >= 11 is 1.38. The first-order valence-corrected chi connectivity index (χ1v) is 8.82. The number of anilines is 1. The van der Waals surface area contributed by atoms with Gasteiger partial charge in [-0.2, -0.15) is 0 Å². The van der Waals surface area contributed by atoms with E-state index in [1.807, 2.05) is 6.26 Å². The number of amides is 2. The number of nitrogens with two attached hydrogens (primary N) is 1. The van der Waals surface area contributed by atoms with Crippen LogP contribution in [0.2, 0.25) is 0 Å². The quantitative estimate of drug-likeness (QED) is 0.543. The van der Waals surface area contributed by atoms with Gasteiger partial charge < -0.3 is 11.1 Å². The van der Waals surface area contributed by atoms with Gasteiger partial charge in [0.05, 0.1) is 5.69 Å². The standard InChI is InChI=1S/C17H16FN5O2S/c1-8-4-12(18)13(21-16(19)25)6-10(8)11-5-9-7-20-17(26-3)22-14(9)23(2)15(11)24/h4-7H,1-3H3,(H3,19,21,25). The second-order valence-corrected chi connectivity index (χ2v) is 6.47. The third kappa shape index (κ3) is 3.13. The molecule has 0 fully saturated rings. The molecule has 0 aliphatic heterocycles. The zero-order valence-electron chi connectivity index (χ0n) is 14.3. The molecule has 3 N–H and O–H groups in total. The molecule has 2 heterocycles. The molecule has 26 heavy (non-hydrogen) atoms. The second kappa shape index (κ2) is 6.75. The molecule has 7 nitrogen and oxygen atoms in total. The largest absolute Gasteiger partial charge is 0.351 e. The van der Waals surface area contributed by atoms with Crippen LogP contribution in [0.15, 0.2) is 34.3 Å². The lowest BCUT2D eigenvalue weighted by atomic mass is 9.99. The lowest BCUT2D eigenvalue weighted by Crippen LogP contribution is -2.21. The first-order chi connectivity index (χ1) is 12.3. The number of nitrogens with one attached hydrogen (secondary N) is 1. The minimum atomic E-state index is -0.886. The molecule has 9 heteroatoms. The van der Waals surface area contributed by atoms with Crippen LogP contribution in [0.25, 0.3) is 22.2 Å². The van der Waals surface area contributed by atoms with Crippen LogP contribution in [0.5, 0.6) is 0 Å². The number of benzene rings is 1. The number of rotatable bonds is 3. The highest BCUT2D eigenvalue weighted by Crippen LogP contribution is 2.28. The molecule has 0 radical (unpaired) electrons. The first-order valence-electron chi connectivity index (χ1n) is 7.59. The van der Waals surface area contributed by atoms with E-state index in [1.165, 1.54) is 28.5 Å². The number of hydrogen-bond donors (Lipinski definition) is 2. The number of primary amides is 1. The number of nitrogens with zero attached hydrogens (tertiary/aromatic N) is 3. The van der Waals surface area contributed by atoms with Crippen molar-refractivity contribution in [1.29, 1.82) is 0 Å². The molecule has 2 amide bonds. The van der Waals surface area contributed by atoms with Crippen LogP contribution in [0, 0.1) is 12.7 Å². The number of aryl methyl sites for hydroxylation is 2. The minimum Gasteiger partial charge on any atom is -0.351 e. The molecule has 0 atom stereocenters. The number of halogens is 1. The van der Waals surface area contributed by atoms with E-state index >= 15 is 0 Å². The highest BCUT2D eigenvalue weighted by Gasteiger charge is 2.16. The lowest BCUT2D eigenvalue weighted by Gasteiger charge is -2.13. The first kappa shape index (κ1) is 17.9. The van der Waals surface area contributed by atoms with E-state index in [4.69, 9.17) is 5.73 Å². The molecular weight excluding hydrogens is 357 g/mol. The average molecular weight is 373 g/mol. The Balaban J connectivity index is 2.27. The fraction of sp³-hybridized carbons (Fsp3) is 0.176. The maximum atomic E-state index is 14.0. The summed E-state index contributed by atoms with van der Waals surface area (Å²) in [7, 11) is 1.62. The number of carbonyl (C=O) groups is 1. The molecule has 0 spiro atoms. The highest BCUT2D eigenvalue weighted by atomic mass is 32.2. The molecule has 0 aliphatic carbocycles. The topological polar surface area (TPSA) is 103 Å². The Morgan fingerprint density at radius 2 is 2.04 bits per heavy atom. The van der Waals surface area contributed by atoms with Crippen molar-refractivity contribution in [1.82, 2.24) is 14.5 Å². The smallest absolute Gasteiger partial charge is 0.316 e. The van der Waals surface area contributed by atoms with Crippen LogP contribution in [0.4, 0.5) is 14.9 Å². The molecule has 134 valence electrons. The van der Waals surface area contributed by atoms with Gasteiger partial charge in [-0.05, 0) is 42.5 Å². The number of urea groups is 1. The fourth-order valence-electron chi connectivity index (χ4n) is 2.71. The molecule has 0 unspecified atom stereocenters. The van der Waals surface area contributed by atoms with Crippen molar-refractivity contribution in [3.05, 3.63) is 46.1 Å². The van der Waals surface area contributed by atoms with Crippen molar-refractivity contribution in [3.8, 4) is 11.1 Å². The SMILES string of the molecule is CSc1ncc2cc(-c3cc(NC(N)=O)c(F)cc3C)c(=O)n(C)c2n1. The van der Waals surface area contributed by atoms with E-state index in [0.717, 1.165) is 0 Å². The predicted molar refractivity (Wildman–Crippen MR) is 99.9 cm³/mol. The van der Waals surface area contributed by atoms with E-state index < -0.39 is 11.8 Å². The van der Waals surface area contributed by atoms with Gasteiger partial charge in [0.15, 0.2) is 5.16 Å².